The summed E-state index contributed by atoms with van der Waals surface area (Å²) in [5, 5.41) is 3.20. The molecule has 2 fully saturated rings. The average Bonchev–Trinajstić information content (AvgIpc) is 2.77. The average molecular weight is 373 g/mol. The highest BCUT2D eigenvalue weighted by molar-refractivity contribution is 14.1. The highest BCUT2D eigenvalue weighted by Crippen LogP contribution is 2.32. The lowest BCUT2D eigenvalue weighted by molar-refractivity contribution is 0.0462. The molecule has 0 aliphatic carbocycles. The van der Waals surface area contributed by atoms with Crippen molar-refractivity contribution in [2.75, 3.05) is 7.05 Å². The molecular formula is C14H20IN3O. The van der Waals surface area contributed by atoms with E-state index in [9.17, 15) is 4.79 Å². The smallest absolute Gasteiger partial charge is 0.267 e. The molecule has 3 rings (SSSR count). The minimum atomic E-state index is 0.0375. The minimum Gasteiger partial charge on any atom is -0.356 e. The largest absolute Gasteiger partial charge is 0.356 e. The Labute approximate surface area is 127 Å². The van der Waals surface area contributed by atoms with Crippen LogP contribution in [-0.2, 0) is 0 Å². The molecule has 4 nitrogen and oxygen atoms in total. The van der Waals surface area contributed by atoms with E-state index in [1.807, 2.05) is 12.3 Å². The van der Waals surface area contributed by atoms with Gasteiger partial charge in [-0.25, -0.2) is 0 Å². The van der Waals surface area contributed by atoms with E-state index in [1.165, 1.54) is 19.3 Å². The molecule has 2 N–H and O–H groups in total. The van der Waals surface area contributed by atoms with Gasteiger partial charge in [-0.1, -0.05) is 6.42 Å². The number of fused-ring (bicyclic) bond motifs is 2. The number of rotatable bonds is 2. The van der Waals surface area contributed by atoms with Crippen molar-refractivity contribution in [2.45, 2.75) is 50.2 Å². The summed E-state index contributed by atoms with van der Waals surface area (Å²) in [4.78, 5) is 17.7. The number of halogens is 1. The van der Waals surface area contributed by atoms with Crippen molar-refractivity contribution in [3.63, 3.8) is 0 Å². The molecule has 0 saturated carbocycles. The van der Waals surface area contributed by atoms with Crippen LogP contribution in [0.1, 0.15) is 42.6 Å². The predicted molar refractivity (Wildman–Crippen MR) is 83.2 cm³/mol. The van der Waals surface area contributed by atoms with Gasteiger partial charge < -0.3 is 15.2 Å². The van der Waals surface area contributed by atoms with Gasteiger partial charge in [0.1, 0.15) is 5.69 Å². The van der Waals surface area contributed by atoms with Crippen LogP contribution in [0.4, 0.5) is 0 Å². The van der Waals surface area contributed by atoms with Crippen molar-refractivity contribution in [3.05, 3.63) is 21.5 Å². The molecule has 19 heavy (non-hydrogen) atoms. The Balaban J connectivity index is 1.63. The number of aromatic amines is 1. The van der Waals surface area contributed by atoms with Gasteiger partial charge in [0.2, 0.25) is 0 Å². The van der Waals surface area contributed by atoms with Gasteiger partial charge >= 0.3 is 0 Å². The Kier molecular flexibility index (Phi) is 3.84. The van der Waals surface area contributed by atoms with Crippen LogP contribution in [0.2, 0.25) is 0 Å². The number of H-pyrrole nitrogens is 1. The second kappa shape index (κ2) is 5.44. The lowest BCUT2D eigenvalue weighted by atomic mass is 9.82. The molecule has 104 valence electrons. The van der Waals surface area contributed by atoms with E-state index in [-0.39, 0.29) is 5.91 Å². The normalized spacial score (nSPS) is 31.2. The summed E-state index contributed by atoms with van der Waals surface area (Å²) in [6.45, 7) is 0. The van der Waals surface area contributed by atoms with E-state index in [4.69, 9.17) is 0 Å². The molecule has 5 heteroatoms. The number of hydrogen-bond acceptors (Lipinski definition) is 2. The number of carbonyl (C=O) groups is 1. The van der Waals surface area contributed by atoms with Crippen LogP contribution >= 0.6 is 22.6 Å². The van der Waals surface area contributed by atoms with Crippen molar-refractivity contribution in [3.8, 4) is 0 Å². The lowest BCUT2D eigenvalue weighted by Gasteiger charge is -2.47. The lowest BCUT2D eigenvalue weighted by Crippen LogP contribution is -2.55. The fourth-order valence-electron chi connectivity index (χ4n) is 3.50. The fourth-order valence-corrected chi connectivity index (χ4v) is 3.96. The molecule has 0 radical (unpaired) electrons. The minimum absolute atomic E-state index is 0.0375. The highest BCUT2D eigenvalue weighted by Gasteiger charge is 2.36. The summed E-state index contributed by atoms with van der Waals surface area (Å²) in [5.41, 5.74) is 0.675. The van der Waals surface area contributed by atoms with Crippen LogP contribution < -0.4 is 5.32 Å². The molecule has 0 spiro atoms. The van der Waals surface area contributed by atoms with Gasteiger partial charge in [-0.05, 0) is 61.4 Å². The van der Waals surface area contributed by atoms with Crippen LogP contribution in [0.25, 0.3) is 0 Å². The highest BCUT2D eigenvalue weighted by atomic mass is 127. The Hall–Kier alpha value is -0.560. The first-order chi connectivity index (χ1) is 9.13. The van der Waals surface area contributed by atoms with Gasteiger partial charge in [-0.2, -0.15) is 0 Å². The Bertz CT molecular complexity index is 459. The number of carbonyl (C=O) groups excluding carboxylic acids is 1. The Morgan fingerprint density at radius 1 is 1.42 bits per heavy atom. The molecule has 0 aromatic carbocycles. The van der Waals surface area contributed by atoms with E-state index in [2.05, 4.69) is 44.8 Å². The van der Waals surface area contributed by atoms with Crippen molar-refractivity contribution in [1.82, 2.24) is 15.2 Å². The standard InChI is InChI=1S/C14H20IN3O/c1-18-11-3-2-4-12(18)7-10(6-11)17-14(19)13-5-9(15)8-16-13/h5,8,10-12,16H,2-4,6-7H2,1H3,(H,17,19)/t10?,11-,12?/m1/s1. The third-order valence-electron chi connectivity index (χ3n) is 4.57. The number of nitrogens with zero attached hydrogens (tertiary/aromatic N) is 1. The number of aromatic nitrogens is 1. The summed E-state index contributed by atoms with van der Waals surface area (Å²) < 4.78 is 1.07. The second-order valence-corrected chi connectivity index (χ2v) is 7.02. The third-order valence-corrected chi connectivity index (χ3v) is 5.19. The molecule has 2 bridgehead atoms. The van der Waals surface area contributed by atoms with E-state index >= 15 is 0 Å². The number of hydrogen-bond donors (Lipinski definition) is 2. The summed E-state index contributed by atoms with van der Waals surface area (Å²) in [6.07, 6.45) is 7.95. The van der Waals surface area contributed by atoms with E-state index in [0.29, 0.717) is 23.8 Å². The first-order valence-electron chi connectivity index (χ1n) is 7.00. The van der Waals surface area contributed by atoms with Gasteiger partial charge in [-0.15, -0.1) is 0 Å². The van der Waals surface area contributed by atoms with Crippen LogP contribution in [0.15, 0.2) is 12.3 Å². The van der Waals surface area contributed by atoms with E-state index < -0.39 is 0 Å². The zero-order valence-electron chi connectivity index (χ0n) is 11.2. The zero-order valence-corrected chi connectivity index (χ0v) is 13.3. The van der Waals surface area contributed by atoms with Crippen LogP contribution in [-0.4, -0.2) is 41.0 Å². The summed E-state index contributed by atoms with van der Waals surface area (Å²) in [7, 11) is 2.24. The zero-order chi connectivity index (χ0) is 13.4. The quantitative estimate of drug-likeness (QED) is 0.782. The molecule has 2 aliphatic heterocycles. The first-order valence-corrected chi connectivity index (χ1v) is 8.08. The maximum absolute atomic E-state index is 12.2. The molecule has 3 atom stereocenters. The van der Waals surface area contributed by atoms with E-state index in [1.54, 1.807) is 0 Å². The molecular weight excluding hydrogens is 353 g/mol. The summed E-state index contributed by atoms with van der Waals surface area (Å²) in [5.74, 6) is 0.0375. The molecule has 2 unspecified atom stereocenters. The number of piperidine rings is 2. The van der Waals surface area contributed by atoms with Gasteiger partial charge in [-0.3, -0.25) is 4.79 Å². The Morgan fingerprint density at radius 2 is 2.11 bits per heavy atom. The van der Waals surface area contributed by atoms with Gasteiger partial charge in [0.25, 0.3) is 5.91 Å². The summed E-state index contributed by atoms with van der Waals surface area (Å²) in [6, 6.07) is 3.54. The SMILES string of the molecule is CN1C2CCC[C@@H]1CC(NC(=O)c1cc(I)c[nH]1)C2. The molecule has 3 heterocycles. The predicted octanol–water partition coefficient (Wildman–Crippen LogP) is 2.36. The van der Waals surface area contributed by atoms with Crippen molar-refractivity contribution >= 4 is 28.5 Å². The molecule has 2 saturated heterocycles. The molecule has 1 aromatic rings. The topological polar surface area (TPSA) is 48.1 Å². The van der Waals surface area contributed by atoms with E-state index in [0.717, 1.165) is 16.4 Å². The van der Waals surface area contributed by atoms with Crippen LogP contribution in [0.5, 0.6) is 0 Å². The Morgan fingerprint density at radius 3 is 2.68 bits per heavy atom. The molecule has 2 aliphatic rings. The second-order valence-electron chi connectivity index (χ2n) is 5.78. The maximum Gasteiger partial charge on any atom is 0.267 e. The number of nitrogens with one attached hydrogen (secondary N) is 2. The van der Waals surface area contributed by atoms with Crippen LogP contribution in [0, 0.1) is 3.57 Å². The van der Waals surface area contributed by atoms with Crippen molar-refractivity contribution in [2.24, 2.45) is 0 Å². The fraction of sp³-hybridized carbons (Fsp3) is 0.643. The van der Waals surface area contributed by atoms with Gasteiger partial charge in [0.05, 0.1) is 0 Å². The summed E-state index contributed by atoms with van der Waals surface area (Å²) >= 11 is 2.21. The molecule has 1 amide bonds. The maximum atomic E-state index is 12.2. The first kappa shape index (κ1) is 13.4. The van der Waals surface area contributed by atoms with Crippen molar-refractivity contribution in [1.29, 1.82) is 0 Å². The van der Waals surface area contributed by atoms with Gasteiger partial charge in [0, 0.05) is 27.9 Å². The van der Waals surface area contributed by atoms with Gasteiger partial charge in [0.15, 0.2) is 0 Å². The van der Waals surface area contributed by atoms with Crippen molar-refractivity contribution < 1.29 is 4.79 Å². The molecule has 1 aromatic heterocycles. The van der Waals surface area contributed by atoms with Crippen LogP contribution in [0.3, 0.4) is 0 Å². The monoisotopic (exact) mass is 373 g/mol. The third kappa shape index (κ3) is 2.81. The number of amides is 1.